The Kier molecular flexibility index (Phi) is 11.9. The molecule has 0 aromatic heterocycles. The second-order valence-corrected chi connectivity index (χ2v) is 9.18. The van der Waals surface area contributed by atoms with Gasteiger partial charge in [0.25, 0.3) is 0 Å². The third kappa shape index (κ3) is 9.19. The molecule has 1 atom stereocenters. The van der Waals surface area contributed by atoms with Gasteiger partial charge in [0.1, 0.15) is 0 Å². The molecule has 1 unspecified atom stereocenters. The summed E-state index contributed by atoms with van der Waals surface area (Å²) in [6.45, 7) is 6.47. The zero-order chi connectivity index (χ0) is 24.6. The maximum absolute atomic E-state index is 3.42. The van der Waals surface area contributed by atoms with Crippen LogP contribution in [0.4, 0.5) is 0 Å². The summed E-state index contributed by atoms with van der Waals surface area (Å²) >= 11 is 0. The zero-order valence-electron chi connectivity index (χ0n) is 21.4. The molecule has 1 nitrogen and oxygen atoms in total. The fourth-order valence-electron chi connectivity index (χ4n) is 4.67. The van der Waals surface area contributed by atoms with Crippen molar-refractivity contribution in [2.24, 2.45) is 5.92 Å². The number of hydrogen-bond acceptors (Lipinski definition) is 1. The van der Waals surface area contributed by atoms with Crippen LogP contribution in [-0.2, 0) is 13.1 Å². The van der Waals surface area contributed by atoms with Gasteiger partial charge < -0.3 is 5.32 Å². The number of unbranched alkanes of at least 4 members (excludes halogenated alkanes) is 1. The number of benzene rings is 4. The van der Waals surface area contributed by atoms with E-state index in [1.807, 2.05) is 12.1 Å². The van der Waals surface area contributed by atoms with Crippen LogP contribution < -0.4 is 5.32 Å². The van der Waals surface area contributed by atoms with Gasteiger partial charge in [-0.1, -0.05) is 154 Å². The highest BCUT2D eigenvalue weighted by Crippen LogP contribution is 2.36. The molecule has 1 N–H and O–H groups in total. The van der Waals surface area contributed by atoms with E-state index in [1.54, 1.807) is 0 Å². The van der Waals surface area contributed by atoms with Crippen LogP contribution in [0.25, 0.3) is 0 Å². The van der Waals surface area contributed by atoms with E-state index in [4.69, 9.17) is 0 Å². The minimum absolute atomic E-state index is 0.536. The van der Waals surface area contributed by atoms with Crippen molar-refractivity contribution in [1.82, 2.24) is 5.32 Å². The average molecular weight is 464 g/mol. The van der Waals surface area contributed by atoms with Gasteiger partial charge in [-0.25, -0.2) is 0 Å². The van der Waals surface area contributed by atoms with Crippen LogP contribution in [0.2, 0.25) is 0 Å². The molecule has 0 aliphatic carbocycles. The molecular weight excluding hydrogens is 422 g/mol. The SMILES string of the molecule is CCCCC(CC)C(c1ccccc1)c1ccccc1.c1ccc(CNCc2ccccc2)cc1. The fourth-order valence-corrected chi connectivity index (χ4v) is 4.67. The van der Waals surface area contributed by atoms with Crippen LogP contribution in [-0.4, -0.2) is 0 Å². The van der Waals surface area contributed by atoms with Crippen molar-refractivity contribution in [1.29, 1.82) is 0 Å². The predicted octanol–water partition coefficient (Wildman–Crippen LogP) is 9.01. The van der Waals surface area contributed by atoms with Crippen LogP contribution in [0.3, 0.4) is 0 Å². The molecule has 0 bridgehead atoms. The molecule has 4 aromatic carbocycles. The Labute approximate surface area is 213 Å². The van der Waals surface area contributed by atoms with E-state index in [9.17, 15) is 0 Å². The molecule has 0 aliphatic heterocycles. The largest absolute Gasteiger partial charge is 0.309 e. The van der Waals surface area contributed by atoms with Gasteiger partial charge >= 0.3 is 0 Å². The lowest BCUT2D eigenvalue weighted by Gasteiger charge is -2.27. The summed E-state index contributed by atoms with van der Waals surface area (Å²) in [4.78, 5) is 0. The molecule has 0 radical (unpaired) electrons. The summed E-state index contributed by atoms with van der Waals surface area (Å²) in [7, 11) is 0. The molecule has 0 amide bonds. The Morgan fingerprint density at radius 2 is 0.943 bits per heavy atom. The Hall–Kier alpha value is -3.16. The second-order valence-electron chi connectivity index (χ2n) is 9.18. The lowest BCUT2D eigenvalue weighted by molar-refractivity contribution is 0.406. The van der Waals surface area contributed by atoms with Gasteiger partial charge in [-0.05, 0) is 34.6 Å². The first-order valence-electron chi connectivity index (χ1n) is 13.2. The Morgan fingerprint density at radius 1 is 0.543 bits per heavy atom. The molecule has 4 aromatic rings. The van der Waals surface area contributed by atoms with Gasteiger partial charge in [0, 0.05) is 19.0 Å². The topological polar surface area (TPSA) is 12.0 Å². The van der Waals surface area contributed by atoms with Crippen LogP contribution in [0.5, 0.6) is 0 Å². The van der Waals surface area contributed by atoms with Crippen molar-refractivity contribution in [2.75, 3.05) is 0 Å². The summed E-state index contributed by atoms with van der Waals surface area (Å²) in [6.07, 6.45) is 5.18. The van der Waals surface area contributed by atoms with Crippen molar-refractivity contribution >= 4 is 0 Å². The van der Waals surface area contributed by atoms with Crippen LogP contribution in [0.15, 0.2) is 121 Å². The lowest BCUT2D eigenvalue weighted by Crippen LogP contribution is -2.14. The molecule has 1 heteroatoms. The third-order valence-corrected chi connectivity index (χ3v) is 6.59. The van der Waals surface area contributed by atoms with Crippen molar-refractivity contribution in [3.63, 3.8) is 0 Å². The van der Waals surface area contributed by atoms with E-state index in [0.29, 0.717) is 5.92 Å². The average Bonchev–Trinajstić information content (AvgIpc) is 2.93. The van der Waals surface area contributed by atoms with Gasteiger partial charge in [0.2, 0.25) is 0 Å². The second kappa shape index (κ2) is 15.7. The third-order valence-electron chi connectivity index (χ3n) is 6.59. The van der Waals surface area contributed by atoms with Crippen LogP contribution in [0, 0.1) is 5.92 Å². The van der Waals surface area contributed by atoms with Crippen molar-refractivity contribution in [3.05, 3.63) is 144 Å². The van der Waals surface area contributed by atoms with E-state index in [2.05, 4.69) is 128 Å². The molecule has 0 aliphatic rings. The van der Waals surface area contributed by atoms with E-state index >= 15 is 0 Å². The highest BCUT2D eigenvalue weighted by molar-refractivity contribution is 5.33. The molecule has 0 fully saturated rings. The Morgan fingerprint density at radius 3 is 1.31 bits per heavy atom. The quantitative estimate of drug-likeness (QED) is 0.234. The van der Waals surface area contributed by atoms with Crippen LogP contribution in [0.1, 0.15) is 67.7 Å². The number of hydrogen-bond donors (Lipinski definition) is 1. The van der Waals surface area contributed by atoms with Gasteiger partial charge in [-0.3, -0.25) is 0 Å². The first kappa shape index (κ1) is 26.4. The standard InChI is InChI=1S/C20H26.C14H15N/c1-3-5-12-17(4-2)20(18-13-8-6-9-14-18)19-15-10-7-11-16-19;1-3-7-13(8-4-1)11-15-12-14-9-5-2-6-10-14/h6-11,13-17,20H,3-5,12H2,1-2H3;1-10,15H,11-12H2. The molecule has 182 valence electrons. The maximum Gasteiger partial charge on any atom is 0.0208 e. The molecule has 0 spiro atoms. The summed E-state index contributed by atoms with van der Waals surface area (Å²) < 4.78 is 0. The van der Waals surface area contributed by atoms with Gasteiger partial charge in [-0.15, -0.1) is 0 Å². The van der Waals surface area contributed by atoms with Crippen molar-refractivity contribution in [3.8, 4) is 0 Å². The minimum atomic E-state index is 0.536. The molecule has 35 heavy (non-hydrogen) atoms. The Bertz CT molecular complexity index is 950. The summed E-state index contributed by atoms with van der Waals surface area (Å²) in [5.41, 5.74) is 5.57. The Balaban J connectivity index is 0.000000203. The summed E-state index contributed by atoms with van der Waals surface area (Å²) in [5, 5.41) is 3.42. The monoisotopic (exact) mass is 463 g/mol. The van der Waals surface area contributed by atoms with Gasteiger partial charge in [-0.2, -0.15) is 0 Å². The van der Waals surface area contributed by atoms with Crippen LogP contribution >= 0.6 is 0 Å². The first-order chi connectivity index (χ1) is 17.3. The highest BCUT2D eigenvalue weighted by atomic mass is 14.8. The van der Waals surface area contributed by atoms with Gasteiger partial charge in [0.15, 0.2) is 0 Å². The molecule has 0 saturated heterocycles. The number of rotatable bonds is 11. The van der Waals surface area contributed by atoms with Gasteiger partial charge in [0.05, 0.1) is 0 Å². The van der Waals surface area contributed by atoms with E-state index < -0.39 is 0 Å². The summed E-state index contributed by atoms with van der Waals surface area (Å²) in [5.74, 6) is 1.27. The smallest absolute Gasteiger partial charge is 0.0208 e. The fraction of sp³-hybridized carbons (Fsp3) is 0.294. The van der Waals surface area contributed by atoms with Crippen molar-refractivity contribution < 1.29 is 0 Å². The molecule has 0 heterocycles. The first-order valence-corrected chi connectivity index (χ1v) is 13.2. The van der Waals surface area contributed by atoms with E-state index in [1.165, 1.54) is 47.9 Å². The number of nitrogens with one attached hydrogen (secondary N) is 1. The van der Waals surface area contributed by atoms with Crippen molar-refractivity contribution in [2.45, 2.75) is 58.5 Å². The lowest BCUT2D eigenvalue weighted by atomic mass is 9.77. The molecular formula is C34H41N. The maximum atomic E-state index is 3.42. The molecule has 4 rings (SSSR count). The normalized spacial score (nSPS) is 11.5. The summed E-state index contributed by atoms with van der Waals surface area (Å²) in [6, 6.07) is 42.9. The predicted molar refractivity (Wildman–Crippen MR) is 151 cm³/mol. The molecule has 0 saturated carbocycles. The van der Waals surface area contributed by atoms with E-state index in [-0.39, 0.29) is 0 Å². The zero-order valence-corrected chi connectivity index (χ0v) is 21.4. The van der Waals surface area contributed by atoms with E-state index in [0.717, 1.165) is 19.0 Å². The minimum Gasteiger partial charge on any atom is -0.309 e. The highest BCUT2D eigenvalue weighted by Gasteiger charge is 2.22.